The quantitative estimate of drug-likeness (QED) is 0.516. The number of piperidine rings is 1. The summed E-state index contributed by atoms with van der Waals surface area (Å²) in [5.74, 6) is 0. The Bertz CT molecular complexity index is 149. The predicted octanol–water partition coefficient (Wildman–Crippen LogP) is 2.27. The molecule has 1 aliphatic heterocycles. The van der Waals surface area contributed by atoms with Crippen molar-refractivity contribution in [3.05, 3.63) is 0 Å². The molecule has 11 heavy (non-hydrogen) atoms. The van der Waals surface area contributed by atoms with Crippen LogP contribution in [0.5, 0.6) is 0 Å². The average molecular weight is 153 g/mol. The van der Waals surface area contributed by atoms with E-state index in [1.54, 1.807) is 0 Å². The van der Waals surface area contributed by atoms with Gasteiger partial charge in [0.15, 0.2) is 0 Å². The number of hydrogen-bond donors (Lipinski definition) is 0. The number of hydrogen-bond acceptors (Lipinski definition) is 1. The van der Waals surface area contributed by atoms with Crippen LogP contribution < -0.4 is 0 Å². The Morgan fingerprint density at radius 2 is 2.00 bits per heavy atom. The molecule has 0 aromatic rings. The molecule has 1 nitrogen and oxygen atoms in total. The summed E-state index contributed by atoms with van der Waals surface area (Å²) in [4.78, 5) is 2.50. The second-order valence-electron chi connectivity index (χ2n) is 4.64. The molecule has 0 N–H and O–H groups in total. The summed E-state index contributed by atoms with van der Waals surface area (Å²) in [6.07, 6.45) is 7.46. The van der Waals surface area contributed by atoms with E-state index in [0.29, 0.717) is 0 Å². The molecule has 1 atom stereocenters. The molecule has 0 aromatic heterocycles. The maximum Gasteiger partial charge on any atom is 0.00691 e. The lowest BCUT2D eigenvalue weighted by atomic mass is 9.62. The minimum absolute atomic E-state index is 0.811. The van der Waals surface area contributed by atoms with Crippen molar-refractivity contribution in [3.63, 3.8) is 0 Å². The maximum absolute atomic E-state index is 2.50. The molecule has 1 saturated heterocycles. The van der Waals surface area contributed by atoms with Crippen molar-refractivity contribution in [1.29, 1.82) is 0 Å². The first kappa shape index (κ1) is 7.60. The minimum atomic E-state index is 0.811. The zero-order valence-corrected chi connectivity index (χ0v) is 7.77. The first-order valence-corrected chi connectivity index (χ1v) is 4.92. The van der Waals surface area contributed by atoms with Crippen LogP contribution in [0.3, 0.4) is 0 Å². The van der Waals surface area contributed by atoms with Gasteiger partial charge in [-0.25, -0.2) is 0 Å². The molecule has 2 rings (SSSR count). The van der Waals surface area contributed by atoms with Gasteiger partial charge in [-0.2, -0.15) is 0 Å². The fourth-order valence-electron chi connectivity index (χ4n) is 2.65. The first-order chi connectivity index (χ1) is 5.22. The summed E-state index contributed by atoms with van der Waals surface area (Å²) in [6, 6.07) is 0.837. The second-order valence-corrected chi connectivity index (χ2v) is 4.64. The van der Waals surface area contributed by atoms with Crippen LogP contribution in [-0.2, 0) is 0 Å². The monoisotopic (exact) mass is 153 g/mol. The van der Waals surface area contributed by atoms with E-state index in [2.05, 4.69) is 18.9 Å². The molecule has 1 unspecified atom stereocenters. The Hall–Kier alpha value is -0.0400. The van der Waals surface area contributed by atoms with Crippen molar-refractivity contribution >= 4 is 0 Å². The van der Waals surface area contributed by atoms with Gasteiger partial charge < -0.3 is 4.90 Å². The molecule has 1 heterocycles. The number of rotatable bonds is 0. The molecule has 0 amide bonds. The molecule has 0 radical (unpaired) electrons. The zero-order valence-electron chi connectivity index (χ0n) is 7.77. The Labute approximate surface area is 69.8 Å². The minimum Gasteiger partial charge on any atom is -0.304 e. The van der Waals surface area contributed by atoms with Crippen LogP contribution in [0.4, 0.5) is 0 Å². The summed E-state index contributed by atoms with van der Waals surface area (Å²) in [5.41, 5.74) is 0.811. The van der Waals surface area contributed by atoms with Gasteiger partial charge in [-0.05, 0) is 51.6 Å². The highest BCUT2D eigenvalue weighted by Crippen LogP contribution is 2.50. The molecular weight excluding hydrogens is 134 g/mol. The molecule has 2 fully saturated rings. The summed E-state index contributed by atoms with van der Waals surface area (Å²) >= 11 is 0. The van der Waals surface area contributed by atoms with Gasteiger partial charge in [0.1, 0.15) is 0 Å². The Kier molecular flexibility index (Phi) is 1.71. The Morgan fingerprint density at radius 3 is 2.45 bits per heavy atom. The molecule has 0 bridgehead atoms. The highest BCUT2D eigenvalue weighted by Gasteiger charge is 2.41. The van der Waals surface area contributed by atoms with Gasteiger partial charge in [0.25, 0.3) is 0 Å². The third kappa shape index (κ3) is 1.20. The normalized spacial score (nSPS) is 37.1. The van der Waals surface area contributed by atoms with E-state index in [-0.39, 0.29) is 0 Å². The summed E-state index contributed by atoms with van der Waals surface area (Å²) < 4.78 is 0. The second kappa shape index (κ2) is 2.48. The van der Waals surface area contributed by atoms with Crippen molar-refractivity contribution < 1.29 is 0 Å². The predicted molar refractivity (Wildman–Crippen MR) is 47.6 cm³/mol. The lowest BCUT2D eigenvalue weighted by molar-refractivity contribution is 0.0128. The van der Waals surface area contributed by atoms with Crippen LogP contribution in [0, 0.1) is 5.41 Å². The topological polar surface area (TPSA) is 3.24 Å². The van der Waals surface area contributed by atoms with E-state index in [4.69, 9.17) is 0 Å². The molecule has 64 valence electrons. The fraction of sp³-hybridized carbons (Fsp3) is 1.00. The summed E-state index contributed by atoms with van der Waals surface area (Å²) in [5, 5.41) is 0. The van der Waals surface area contributed by atoms with E-state index < -0.39 is 0 Å². The van der Waals surface area contributed by atoms with Crippen molar-refractivity contribution in [3.8, 4) is 0 Å². The van der Waals surface area contributed by atoms with Gasteiger partial charge in [0.05, 0.1) is 0 Å². The molecule has 1 spiro atoms. The van der Waals surface area contributed by atoms with Crippen molar-refractivity contribution in [2.24, 2.45) is 5.41 Å². The van der Waals surface area contributed by atoms with E-state index >= 15 is 0 Å². The highest BCUT2D eigenvalue weighted by molar-refractivity contribution is 4.94. The van der Waals surface area contributed by atoms with Crippen LogP contribution in [0.25, 0.3) is 0 Å². The van der Waals surface area contributed by atoms with Crippen LogP contribution >= 0.6 is 0 Å². The van der Waals surface area contributed by atoms with Gasteiger partial charge in [-0.3, -0.25) is 0 Å². The average Bonchev–Trinajstić information content (AvgIpc) is 1.92. The lowest BCUT2D eigenvalue weighted by Gasteiger charge is -2.50. The molecule has 1 aliphatic carbocycles. The molecule has 1 saturated carbocycles. The number of likely N-dealkylation sites (tertiary alicyclic amines) is 1. The third-order valence-corrected chi connectivity index (χ3v) is 3.89. The van der Waals surface area contributed by atoms with Gasteiger partial charge in [-0.15, -0.1) is 0 Å². The molecule has 0 aromatic carbocycles. The van der Waals surface area contributed by atoms with Crippen LogP contribution in [0.1, 0.15) is 39.0 Å². The summed E-state index contributed by atoms with van der Waals surface area (Å²) in [7, 11) is 2.26. The Balaban J connectivity index is 1.97. The largest absolute Gasteiger partial charge is 0.304 e. The smallest absolute Gasteiger partial charge is 0.00691 e. The van der Waals surface area contributed by atoms with Crippen molar-refractivity contribution in [1.82, 2.24) is 4.90 Å². The molecule has 2 aliphatic rings. The Morgan fingerprint density at radius 1 is 1.27 bits per heavy atom. The van der Waals surface area contributed by atoms with Crippen molar-refractivity contribution in [2.75, 3.05) is 13.6 Å². The van der Waals surface area contributed by atoms with Gasteiger partial charge in [0, 0.05) is 6.04 Å². The lowest BCUT2D eigenvalue weighted by Crippen LogP contribution is -2.46. The van der Waals surface area contributed by atoms with Gasteiger partial charge in [-0.1, -0.05) is 6.42 Å². The van der Waals surface area contributed by atoms with E-state index in [9.17, 15) is 0 Å². The van der Waals surface area contributed by atoms with Crippen LogP contribution in [0.15, 0.2) is 0 Å². The van der Waals surface area contributed by atoms with Gasteiger partial charge >= 0.3 is 0 Å². The highest BCUT2D eigenvalue weighted by atomic mass is 15.1. The van der Waals surface area contributed by atoms with Gasteiger partial charge in [0.2, 0.25) is 0 Å². The van der Waals surface area contributed by atoms with Crippen LogP contribution in [-0.4, -0.2) is 24.5 Å². The molecular formula is C10H19N. The maximum atomic E-state index is 2.50. The van der Waals surface area contributed by atoms with E-state index in [1.807, 2.05) is 0 Å². The van der Waals surface area contributed by atoms with Crippen molar-refractivity contribution in [2.45, 2.75) is 45.1 Å². The standard InChI is InChI=1S/C10H19N/c1-9-8-10(4-3-5-10)6-7-11(9)2/h9H,3-8H2,1-2H3. The number of nitrogens with zero attached hydrogens (tertiary/aromatic N) is 1. The van der Waals surface area contributed by atoms with E-state index in [0.717, 1.165) is 11.5 Å². The molecule has 1 heteroatoms. The van der Waals surface area contributed by atoms with E-state index in [1.165, 1.54) is 38.6 Å². The fourth-order valence-corrected chi connectivity index (χ4v) is 2.65. The first-order valence-electron chi connectivity index (χ1n) is 4.92. The summed E-state index contributed by atoms with van der Waals surface area (Å²) in [6.45, 7) is 3.71. The SMILES string of the molecule is CC1CC2(CCC2)CCN1C. The zero-order chi connectivity index (χ0) is 7.90. The van der Waals surface area contributed by atoms with Crippen LogP contribution in [0.2, 0.25) is 0 Å². The third-order valence-electron chi connectivity index (χ3n) is 3.89.